The summed E-state index contributed by atoms with van der Waals surface area (Å²) >= 11 is 22.6. The van der Waals surface area contributed by atoms with Gasteiger partial charge >= 0.3 is 63.1 Å². The SMILES string of the molecule is COCCOC1[C@@H](OP(=O)(O)OC[C@H]2O[C@@H](n3cc(C)c(=O)[nH]c3=O)C(OCCOC)[C@H]2OP(O)(=S)OC[C@H]2O[C@@H](n3cc(C)c(N)nc3=O)C(OCCOC)[C@H]2OP(O)(=S)OC[C@H]2O[C@@H](n3cnc4c(N)ccnc43)C(OCCOC)[C@H]2O)[C@@H](COP(O)(=S)O[C@@H]2C[C@H](n3cc(C)c(=O)[nH]c3=O)O[C@@H]2COP(O)(=S)O[C@@H]2C[C@H](n3cc(C)c(=O)[nH]c3=O)O[C@@H]2C)O[C@H]1n1cc(C)c(N)nc1=O. The highest BCUT2D eigenvalue weighted by Gasteiger charge is 2.57. The summed E-state index contributed by atoms with van der Waals surface area (Å²) in [7, 11) is -0.439. The summed E-state index contributed by atoms with van der Waals surface area (Å²) in [5, 5.41) is 11.9. The third-order valence-corrected chi connectivity index (χ3v) is 29.7. The smallest absolute Gasteiger partial charge is 0.397 e. The molecule has 0 saturated carbocycles. The first-order valence-electron chi connectivity index (χ1n) is 41.9. The lowest BCUT2D eigenvalue weighted by atomic mass is 10.1. The van der Waals surface area contributed by atoms with E-state index in [1.54, 1.807) is 6.92 Å². The fraction of sp³-hybridized carbons (Fsp3) is 0.644. The summed E-state index contributed by atoms with van der Waals surface area (Å²) in [6.07, 6.45) is -25.2. The second-order valence-electron chi connectivity index (χ2n) is 31.9. The van der Waals surface area contributed by atoms with Gasteiger partial charge in [0.2, 0.25) is 0 Å². The van der Waals surface area contributed by atoms with E-state index in [1.807, 2.05) is 0 Å². The molecule has 13 heterocycles. The largest absolute Gasteiger partial charge is 0.472 e. The number of aryl methyl sites for hydroxylation is 5. The van der Waals surface area contributed by atoms with Crippen LogP contribution in [0.3, 0.4) is 0 Å². The molecule has 15 N–H and O–H groups in total. The lowest BCUT2D eigenvalue weighted by Gasteiger charge is -2.30. The number of phosphoric ester groups is 1. The van der Waals surface area contributed by atoms with Crippen LogP contribution >= 0.6 is 34.7 Å². The van der Waals surface area contributed by atoms with Crippen LogP contribution in [0, 0.1) is 34.6 Å². The van der Waals surface area contributed by atoms with Gasteiger partial charge < -0.3 is 140 Å². The highest BCUT2D eigenvalue weighted by molar-refractivity contribution is 8.08. The Kier molecular flexibility index (Phi) is 36.2. The number of H-pyrrole nitrogens is 3. The number of anilines is 3. The summed E-state index contributed by atoms with van der Waals surface area (Å²) < 4.78 is 166. The second-order valence-corrected chi connectivity index (χ2v) is 44.5. The van der Waals surface area contributed by atoms with Crippen LogP contribution in [-0.4, -0.2) is 304 Å². The number of methoxy groups -OCH3 is 4. The molecule has 64 heteroatoms. The number of pyridine rings is 1. The number of hydrogen-bond donors (Lipinski definition) is 12. The Bertz CT molecular complexity index is 6220. The number of aromatic nitrogens is 13. The van der Waals surface area contributed by atoms with Crippen molar-refractivity contribution in [2.45, 2.75) is 189 Å². The van der Waals surface area contributed by atoms with Gasteiger partial charge in [-0.05, 0) is 94.8 Å². The molecule has 6 fully saturated rings. The van der Waals surface area contributed by atoms with Crippen molar-refractivity contribution in [2.75, 3.05) is 132 Å². The van der Waals surface area contributed by atoms with E-state index < -0.39 is 254 Å². The van der Waals surface area contributed by atoms with Gasteiger partial charge in [-0.3, -0.25) is 74.8 Å². The van der Waals surface area contributed by atoms with Crippen molar-refractivity contribution in [2.24, 2.45) is 0 Å². The first-order chi connectivity index (χ1) is 64.8. The number of nitrogens with two attached hydrogens (primary N) is 3. The Morgan fingerprint density at radius 2 is 0.781 bits per heavy atom. The molecule has 0 bridgehead atoms. The molecule has 27 atom stereocenters. The van der Waals surface area contributed by atoms with Gasteiger partial charge in [0.15, 0.2) is 30.6 Å². The normalized spacial score (nSPS) is 29.6. The summed E-state index contributed by atoms with van der Waals surface area (Å²) in [6.45, 7) is -16.3. The zero-order chi connectivity index (χ0) is 99.2. The number of aromatic amines is 3. The standard InChI is InChI=1S/C73H105N16O39P5S4/c1-34-23-86(69(94)79-59(34)75)66-56(110-18-14-106-8)52(46(122-66)31-116-131(102,135)125-42-22-49(85-26-37(4)63(92)82-72(85)97)119-43(42)28-114-130(101,134)124-41-21-48(118-39(41)6)84-25-36(3)62(91)81-71(84)96)126-129(99,100)113-30-45-53(57(111-19-15-107-9)68(121-45)88-27-38(5)64(93)83-73(88)98)127-133(104,137)117-32-47-54(58(112-20-16-108-10)67(123-47)87-24-35(2)60(76)80-70(87)95)128-132(103,136)115-29-44-51(90)55(109-17-13-105-7)65(120-44)89-33-78-50-40(74)11-12-77-61(50)89/h11-12,23-27,33,39,41-49,51-58,65-68,90H,13-22,28-32H2,1-10H3,(H2,74,77)(H,99,100)(H,101,134)(H,102,135)(H,103,136)(H,104,137)(H2,75,79,94)(H2,76,80,95)(H,81,91,96)(H,82,92,97)(H,83,93,98)/t39-,41-,42-,43-,44-,45-,46-,47-,48-,49-,51+,52+,53+,54+,55?,56?,57?,58?,65-,66-,67-,68-,130?,131?,132?,133?/m1/s1. The van der Waals surface area contributed by atoms with Crippen molar-refractivity contribution in [3.8, 4) is 0 Å². The average molecular weight is 2110 g/mol. The minimum absolute atomic E-state index is 0.0332. The predicted molar refractivity (Wildman–Crippen MR) is 486 cm³/mol. The number of fused-ring (bicyclic) bond motifs is 1. The highest BCUT2D eigenvalue weighted by atomic mass is 32.5. The number of phosphoric acid groups is 1. The molecule has 0 amide bonds. The van der Waals surface area contributed by atoms with Crippen molar-refractivity contribution in [3.05, 3.63) is 161 Å². The van der Waals surface area contributed by atoms with E-state index in [1.165, 1.54) is 111 Å². The topological polar surface area (TPSA) is 703 Å². The van der Waals surface area contributed by atoms with Crippen molar-refractivity contribution < 1.29 is 146 Å². The minimum atomic E-state index is -5.86. The number of ether oxygens (including phenoxy) is 14. The molecule has 0 aliphatic carbocycles. The molecule has 6 saturated heterocycles. The molecule has 55 nitrogen and oxygen atoms in total. The van der Waals surface area contributed by atoms with Crippen molar-refractivity contribution in [3.63, 3.8) is 0 Å². The predicted octanol–water partition coefficient (Wildman–Crippen LogP) is -1.47. The number of nitrogen functional groups attached to an aromatic ring is 3. The maximum Gasteiger partial charge on any atom is 0.472 e. The third-order valence-electron chi connectivity index (χ3n) is 22.4. The highest BCUT2D eigenvalue weighted by Crippen LogP contribution is 2.57. The first-order valence-corrected chi connectivity index (χ1v) is 53.7. The Morgan fingerprint density at radius 3 is 1.24 bits per heavy atom. The van der Waals surface area contributed by atoms with Crippen LogP contribution in [0.25, 0.3) is 11.2 Å². The molecule has 13 rings (SSSR count). The zero-order valence-electron chi connectivity index (χ0n) is 74.7. The fourth-order valence-electron chi connectivity index (χ4n) is 15.5. The average Bonchev–Trinajstić information content (AvgIpc) is 1.63. The summed E-state index contributed by atoms with van der Waals surface area (Å²) in [6, 6.07) is 1.54. The van der Waals surface area contributed by atoms with Crippen molar-refractivity contribution >= 4 is 110 Å². The number of nitrogens with zero attached hydrogens (tertiary/aromatic N) is 10. The molecule has 760 valence electrons. The van der Waals surface area contributed by atoms with E-state index in [4.69, 9.17) is 176 Å². The third kappa shape index (κ3) is 26.2. The van der Waals surface area contributed by atoms with Gasteiger partial charge in [-0.2, -0.15) is 9.97 Å². The molecule has 6 aliphatic heterocycles. The second kappa shape index (κ2) is 46.0. The van der Waals surface area contributed by atoms with E-state index >= 15 is 4.57 Å². The van der Waals surface area contributed by atoms with Crippen LogP contribution in [0.15, 0.2) is 87.9 Å². The van der Waals surface area contributed by atoms with Crippen LogP contribution < -0.4 is 62.3 Å². The molecule has 0 radical (unpaired) electrons. The quantitative estimate of drug-likeness (QED) is 0.0153. The number of hydrogen-bond acceptors (Lipinski definition) is 45. The first kappa shape index (κ1) is 108. The maximum atomic E-state index is 15.3. The number of rotatable bonds is 47. The molecule has 7 aromatic heterocycles. The van der Waals surface area contributed by atoms with E-state index in [9.17, 15) is 67.9 Å². The molecule has 9 unspecified atom stereocenters. The number of imidazole rings is 1. The number of aliphatic hydroxyl groups is 1. The Labute approximate surface area is 795 Å². The van der Waals surface area contributed by atoms with E-state index in [-0.39, 0.29) is 110 Å². The van der Waals surface area contributed by atoms with Crippen LogP contribution in [0.2, 0.25) is 0 Å². The Morgan fingerprint density at radius 1 is 0.423 bits per heavy atom. The summed E-state index contributed by atoms with van der Waals surface area (Å²) in [5.74, 6) is -0.380. The fourth-order valence-corrected chi connectivity index (χ4v) is 22.3. The minimum Gasteiger partial charge on any atom is -0.397 e. The van der Waals surface area contributed by atoms with E-state index in [2.05, 4.69) is 34.9 Å². The molecular formula is C73H105N16O39P5S4. The van der Waals surface area contributed by atoms with Gasteiger partial charge in [0.25, 0.3) is 16.7 Å². The summed E-state index contributed by atoms with van der Waals surface area (Å²) in [4.78, 5) is 190. The number of aliphatic hydroxyl groups excluding tert-OH is 1. The van der Waals surface area contributed by atoms with Crippen LogP contribution in [0.4, 0.5) is 17.3 Å². The van der Waals surface area contributed by atoms with E-state index in [0.717, 1.165) is 29.0 Å². The van der Waals surface area contributed by atoms with Crippen molar-refractivity contribution in [1.82, 2.24) is 62.3 Å². The Balaban J connectivity index is 0.774. The molecule has 7 aromatic rings. The molecular weight excluding hydrogens is 2010 g/mol. The lowest BCUT2D eigenvalue weighted by molar-refractivity contribution is -0.0848. The summed E-state index contributed by atoms with van der Waals surface area (Å²) in [5.41, 5.74) is 12.8. The Hall–Kier alpha value is -6.55. The van der Waals surface area contributed by atoms with E-state index in [0.29, 0.717) is 5.52 Å². The van der Waals surface area contributed by atoms with Gasteiger partial charge in [-0.15, -0.1) is 0 Å². The molecule has 6 aliphatic rings. The van der Waals surface area contributed by atoms with Gasteiger partial charge in [-0.25, -0.2) is 38.5 Å². The van der Waals surface area contributed by atoms with Gasteiger partial charge in [0.1, 0.15) is 109 Å². The van der Waals surface area contributed by atoms with Crippen LogP contribution in [-0.2, 0) is 163 Å². The van der Waals surface area contributed by atoms with Gasteiger partial charge in [0.05, 0.1) is 116 Å². The maximum absolute atomic E-state index is 15.3. The molecule has 0 aromatic carbocycles. The molecule has 0 spiro atoms. The van der Waals surface area contributed by atoms with Crippen LogP contribution in [0.1, 0.15) is 85.0 Å². The lowest BCUT2D eigenvalue weighted by Crippen LogP contribution is -2.42. The number of nitrogens with one attached hydrogen (secondary N) is 3. The van der Waals surface area contributed by atoms with Crippen molar-refractivity contribution in [1.29, 1.82) is 0 Å². The molecule has 137 heavy (non-hydrogen) atoms. The van der Waals surface area contributed by atoms with Gasteiger partial charge in [0, 0.05) is 106 Å². The van der Waals surface area contributed by atoms with Gasteiger partial charge in [-0.1, -0.05) is 0 Å². The van der Waals surface area contributed by atoms with Crippen LogP contribution in [0.5, 0.6) is 0 Å². The monoisotopic (exact) mass is 2110 g/mol. The zero-order valence-corrected chi connectivity index (χ0v) is 82.4.